The number of fused-ring (bicyclic) bond motifs is 4. The van der Waals surface area contributed by atoms with Gasteiger partial charge < -0.3 is 4.42 Å². The largest absolute Gasteiger partial charge is 0.460 e. The number of aryl methyl sites for hydroxylation is 1. The molecule has 0 radical (unpaired) electrons. The molecule has 0 saturated carbocycles. The number of hydrogen-bond acceptors (Lipinski definition) is 5. The minimum absolute atomic E-state index is 0.318. The Morgan fingerprint density at radius 3 is 2.88 bits per heavy atom. The first-order chi connectivity index (χ1) is 12.1. The summed E-state index contributed by atoms with van der Waals surface area (Å²) in [6.45, 7) is 1.71. The van der Waals surface area contributed by atoms with Crippen molar-refractivity contribution >= 4 is 32.5 Å². The maximum absolute atomic E-state index is 13.7. The van der Waals surface area contributed by atoms with E-state index >= 15 is 0 Å². The Labute approximate surface area is 144 Å². The average molecular weight is 351 g/mol. The van der Waals surface area contributed by atoms with E-state index in [0.29, 0.717) is 33.1 Å². The van der Waals surface area contributed by atoms with E-state index in [1.165, 1.54) is 34.2 Å². The highest BCUT2D eigenvalue weighted by molar-refractivity contribution is 7.20. The number of benzene rings is 2. The summed E-state index contributed by atoms with van der Waals surface area (Å²) in [5.41, 5.74) is 1.74. The summed E-state index contributed by atoms with van der Waals surface area (Å²) in [6.07, 6.45) is 0. The number of halogens is 1. The molecule has 0 aliphatic carbocycles. The van der Waals surface area contributed by atoms with Gasteiger partial charge in [-0.15, -0.1) is 0 Å². The maximum Gasteiger partial charge on any atom is 0.286 e. The molecule has 2 aliphatic heterocycles. The van der Waals surface area contributed by atoms with Gasteiger partial charge in [0.1, 0.15) is 28.4 Å². The van der Waals surface area contributed by atoms with Crippen molar-refractivity contribution in [2.75, 3.05) is 0 Å². The smallest absolute Gasteiger partial charge is 0.286 e. The Morgan fingerprint density at radius 1 is 1.20 bits per heavy atom. The van der Waals surface area contributed by atoms with Crippen LogP contribution in [0.2, 0.25) is 0 Å². The molecule has 25 heavy (non-hydrogen) atoms. The first-order valence-electron chi connectivity index (χ1n) is 7.59. The number of aromatic nitrogens is 3. The van der Waals surface area contributed by atoms with Crippen LogP contribution >= 0.6 is 11.3 Å². The Kier molecular flexibility index (Phi) is 2.84. The minimum atomic E-state index is -0.408. The number of para-hydroxylation sites is 1. The van der Waals surface area contributed by atoms with Gasteiger partial charge in [0, 0.05) is 5.39 Å². The fraction of sp³-hybridized carbons (Fsp3) is 0.0556. The highest BCUT2D eigenvalue weighted by Gasteiger charge is 2.24. The fourth-order valence-corrected chi connectivity index (χ4v) is 3.90. The van der Waals surface area contributed by atoms with Gasteiger partial charge in [0.15, 0.2) is 0 Å². The predicted octanol–water partition coefficient (Wildman–Crippen LogP) is 4.14. The third-order valence-corrected chi connectivity index (χ3v) is 5.13. The monoisotopic (exact) mass is 351 g/mol. The first-order valence-corrected chi connectivity index (χ1v) is 8.41. The third-order valence-electron chi connectivity index (χ3n) is 4.12. The third kappa shape index (κ3) is 2.02. The molecule has 0 spiro atoms. The van der Waals surface area contributed by atoms with Gasteiger partial charge in [-0.3, -0.25) is 4.79 Å². The van der Waals surface area contributed by atoms with Crippen molar-refractivity contribution in [3.63, 3.8) is 0 Å². The van der Waals surface area contributed by atoms with Gasteiger partial charge in [-0.2, -0.15) is 9.78 Å². The lowest BCUT2D eigenvalue weighted by Crippen LogP contribution is -2.14. The Bertz CT molecular complexity index is 1270. The van der Waals surface area contributed by atoms with Crippen LogP contribution in [0, 0.1) is 12.7 Å². The average Bonchev–Trinajstić information content (AvgIpc) is 3.17. The van der Waals surface area contributed by atoms with Crippen molar-refractivity contribution in [2.24, 2.45) is 0 Å². The summed E-state index contributed by atoms with van der Waals surface area (Å²) in [6, 6.07) is 11.8. The van der Waals surface area contributed by atoms with E-state index in [9.17, 15) is 9.18 Å². The quantitative estimate of drug-likeness (QED) is 0.455. The summed E-state index contributed by atoms with van der Waals surface area (Å²) in [5.74, 6) is 0.0429. The summed E-state index contributed by atoms with van der Waals surface area (Å²) < 4.78 is 21.6. The number of rotatable bonds is 1. The van der Waals surface area contributed by atoms with Gasteiger partial charge in [0.2, 0.25) is 5.13 Å². The van der Waals surface area contributed by atoms with Gasteiger partial charge in [0.05, 0.1) is 10.2 Å². The predicted molar refractivity (Wildman–Crippen MR) is 94.1 cm³/mol. The zero-order valence-corrected chi connectivity index (χ0v) is 13.8. The number of thiazole rings is 1. The van der Waals surface area contributed by atoms with Crippen LogP contribution in [0.4, 0.5) is 4.39 Å². The fourth-order valence-electron chi connectivity index (χ4n) is 2.98. The molecule has 5 nitrogen and oxygen atoms in total. The lowest BCUT2D eigenvalue weighted by Gasteiger charge is -2.04. The van der Waals surface area contributed by atoms with E-state index in [2.05, 4.69) is 10.1 Å². The second-order valence-electron chi connectivity index (χ2n) is 5.70. The second-order valence-corrected chi connectivity index (χ2v) is 6.71. The van der Waals surface area contributed by atoms with E-state index in [-0.39, 0.29) is 5.56 Å². The SMILES string of the molecule is Cc1oc2ccc(F)cc2c2nn(-c3nc4ccccc4s3)c(=O)c1-2. The van der Waals surface area contributed by atoms with Crippen molar-refractivity contribution < 1.29 is 8.81 Å². The van der Waals surface area contributed by atoms with Crippen LogP contribution in [0.25, 0.3) is 37.6 Å². The Hall–Kier alpha value is -3.06. The van der Waals surface area contributed by atoms with Crippen LogP contribution in [0.15, 0.2) is 51.7 Å². The Balaban J connectivity index is 1.88. The van der Waals surface area contributed by atoms with Crippen molar-refractivity contribution in [1.82, 2.24) is 14.8 Å². The van der Waals surface area contributed by atoms with E-state index in [4.69, 9.17) is 4.42 Å². The van der Waals surface area contributed by atoms with Crippen molar-refractivity contribution in [2.45, 2.75) is 6.92 Å². The molecule has 2 aliphatic rings. The van der Waals surface area contributed by atoms with Crippen molar-refractivity contribution in [3.05, 3.63) is 64.4 Å². The zero-order chi connectivity index (χ0) is 17.1. The number of hydrogen-bond donors (Lipinski definition) is 0. The van der Waals surface area contributed by atoms with Gasteiger partial charge in [0.25, 0.3) is 5.56 Å². The van der Waals surface area contributed by atoms with Crippen LogP contribution in [-0.2, 0) is 0 Å². The minimum Gasteiger partial charge on any atom is -0.460 e. The van der Waals surface area contributed by atoms with Crippen LogP contribution in [0.5, 0.6) is 0 Å². The maximum atomic E-state index is 13.7. The molecule has 0 atom stereocenters. The van der Waals surface area contributed by atoms with Gasteiger partial charge >= 0.3 is 0 Å². The molecule has 0 bridgehead atoms. The molecule has 5 rings (SSSR count). The summed E-state index contributed by atoms with van der Waals surface area (Å²) >= 11 is 1.38. The van der Waals surface area contributed by atoms with E-state index in [1.807, 2.05) is 24.3 Å². The first kappa shape index (κ1) is 14.3. The van der Waals surface area contributed by atoms with Crippen molar-refractivity contribution in [3.8, 4) is 16.4 Å². The molecule has 0 N–H and O–H groups in total. The van der Waals surface area contributed by atoms with Crippen LogP contribution in [-0.4, -0.2) is 14.8 Å². The van der Waals surface area contributed by atoms with Gasteiger partial charge in [-0.1, -0.05) is 23.5 Å². The zero-order valence-electron chi connectivity index (χ0n) is 13.0. The van der Waals surface area contributed by atoms with Crippen molar-refractivity contribution in [1.29, 1.82) is 0 Å². The molecule has 0 fully saturated rings. The highest BCUT2D eigenvalue weighted by Crippen LogP contribution is 2.32. The molecule has 0 saturated heterocycles. The summed E-state index contributed by atoms with van der Waals surface area (Å²) in [5, 5.41) is 5.38. The van der Waals surface area contributed by atoms with Crippen LogP contribution in [0.3, 0.4) is 0 Å². The molecule has 3 aromatic rings. The summed E-state index contributed by atoms with van der Waals surface area (Å²) in [7, 11) is 0. The molecule has 2 aromatic carbocycles. The molecular formula is C18H10FN3O2S. The lowest BCUT2D eigenvalue weighted by atomic mass is 10.1. The molecular weight excluding hydrogens is 341 g/mol. The number of nitrogens with zero attached hydrogens (tertiary/aromatic N) is 3. The van der Waals surface area contributed by atoms with Crippen LogP contribution < -0.4 is 5.56 Å². The lowest BCUT2D eigenvalue weighted by molar-refractivity contribution is 0.565. The van der Waals surface area contributed by atoms with Gasteiger partial charge in [-0.05, 0) is 37.3 Å². The molecule has 7 heteroatoms. The standard InChI is InChI=1S/C18H10FN3O2S/c1-9-15-16(11-8-10(19)6-7-13(11)24-9)21-22(17(15)23)18-20-12-4-2-3-5-14(12)25-18/h2-8H,1H3. The Morgan fingerprint density at radius 2 is 2.04 bits per heavy atom. The molecule has 0 unspecified atom stereocenters. The molecule has 0 amide bonds. The molecule has 3 heterocycles. The van der Waals surface area contributed by atoms with E-state index in [1.54, 1.807) is 6.92 Å². The van der Waals surface area contributed by atoms with Crippen LogP contribution in [0.1, 0.15) is 5.76 Å². The van der Waals surface area contributed by atoms with E-state index < -0.39 is 5.82 Å². The molecule has 1 aromatic heterocycles. The second kappa shape index (κ2) is 4.97. The highest BCUT2D eigenvalue weighted by atomic mass is 32.1. The normalized spacial score (nSPS) is 11.8. The van der Waals surface area contributed by atoms with Gasteiger partial charge in [-0.25, -0.2) is 9.37 Å². The summed E-state index contributed by atoms with van der Waals surface area (Å²) in [4.78, 5) is 17.3. The van der Waals surface area contributed by atoms with E-state index in [0.717, 1.165) is 10.2 Å². The topological polar surface area (TPSA) is 60.9 Å². The molecule has 122 valence electrons.